The number of benzene rings is 1. The number of nitrogens with zero attached hydrogens (tertiary/aromatic N) is 1. The number of carbonyl (C=O) groups is 3. The van der Waals surface area contributed by atoms with Crippen molar-refractivity contribution in [3.05, 3.63) is 47.7 Å². The molecule has 0 spiro atoms. The normalized spacial score (nSPS) is 22.5. The van der Waals surface area contributed by atoms with Crippen molar-refractivity contribution in [3.8, 4) is 16.9 Å². The minimum Gasteiger partial charge on any atom is -0.476 e. The van der Waals surface area contributed by atoms with Gasteiger partial charge in [0.05, 0.1) is 0 Å². The van der Waals surface area contributed by atoms with Crippen LogP contribution in [-0.4, -0.2) is 52.4 Å². The van der Waals surface area contributed by atoms with E-state index in [0.717, 1.165) is 11.1 Å². The fourth-order valence-corrected chi connectivity index (χ4v) is 4.71. The number of halogens is 1. The van der Waals surface area contributed by atoms with Gasteiger partial charge in [-0.3, -0.25) is 19.4 Å². The smallest absolute Gasteiger partial charge is 0.303 e. The number of rotatable bonds is 6. The third kappa shape index (κ3) is 6.14. The van der Waals surface area contributed by atoms with Crippen LogP contribution in [0.1, 0.15) is 20.8 Å². The zero-order valence-electron chi connectivity index (χ0n) is 17.6. The lowest BCUT2D eigenvalue weighted by molar-refractivity contribution is -0.186. The predicted octanol–water partition coefficient (Wildman–Crippen LogP) is 3.65. The second-order valence-electron chi connectivity index (χ2n) is 7.00. The largest absolute Gasteiger partial charge is 0.476 e. The van der Waals surface area contributed by atoms with Crippen LogP contribution in [0.5, 0.6) is 5.75 Å². The number of esters is 3. The molecule has 0 bridgehead atoms. The van der Waals surface area contributed by atoms with Gasteiger partial charge in [0.25, 0.3) is 0 Å². The molecule has 10 heteroatoms. The zero-order valence-corrected chi connectivity index (χ0v) is 19.2. The molecule has 0 N–H and O–H groups in total. The van der Waals surface area contributed by atoms with Crippen molar-refractivity contribution in [2.75, 3.05) is 5.75 Å². The quantitative estimate of drug-likeness (QED) is 0.453. The van der Waals surface area contributed by atoms with E-state index in [9.17, 15) is 14.4 Å². The van der Waals surface area contributed by atoms with E-state index >= 15 is 0 Å². The van der Waals surface area contributed by atoms with E-state index in [0.29, 0.717) is 10.8 Å². The van der Waals surface area contributed by atoms with E-state index in [-0.39, 0.29) is 5.75 Å². The summed E-state index contributed by atoms with van der Waals surface area (Å²) in [5, 5.41) is 0.519. The number of ether oxygens (including phenoxy) is 4. The van der Waals surface area contributed by atoms with Crippen molar-refractivity contribution in [2.24, 2.45) is 0 Å². The van der Waals surface area contributed by atoms with Crippen molar-refractivity contribution in [1.82, 2.24) is 4.98 Å². The summed E-state index contributed by atoms with van der Waals surface area (Å²) in [6.07, 6.45) is 0.535. The molecule has 2 aromatic rings. The van der Waals surface area contributed by atoms with E-state index in [1.54, 1.807) is 36.7 Å². The Morgan fingerprint density at radius 3 is 2.31 bits per heavy atom. The fourth-order valence-electron chi connectivity index (χ4n) is 3.27. The zero-order chi connectivity index (χ0) is 23.3. The molecule has 1 aromatic heterocycles. The lowest BCUT2D eigenvalue weighted by atomic mass is 10.1. The second-order valence-corrected chi connectivity index (χ2v) is 8.54. The molecule has 1 aliphatic heterocycles. The van der Waals surface area contributed by atoms with Gasteiger partial charge in [-0.25, -0.2) is 0 Å². The lowest BCUT2D eigenvalue weighted by Crippen LogP contribution is -2.55. The first-order valence-electron chi connectivity index (χ1n) is 9.74. The molecule has 170 valence electrons. The molecule has 0 unspecified atom stereocenters. The average Bonchev–Trinajstić information content (AvgIpc) is 2.73. The minimum absolute atomic E-state index is 0.281. The maximum Gasteiger partial charge on any atom is 0.303 e. The summed E-state index contributed by atoms with van der Waals surface area (Å²) in [6, 6.07) is 8.80. The van der Waals surface area contributed by atoms with E-state index < -0.39 is 41.7 Å². The molecule has 4 atom stereocenters. The predicted molar refractivity (Wildman–Crippen MR) is 118 cm³/mol. The summed E-state index contributed by atoms with van der Waals surface area (Å²) < 4.78 is 22.3. The third-order valence-corrected chi connectivity index (χ3v) is 6.01. The van der Waals surface area contributed by atoms with Gasteiger partial charge in [0.2, 0.25) is 0 Å². The van der Waals surface area contributed by atoms with Gasteiger partial charge in [0.1, 0.15) is 5.75 Å². The number of carbonyl (C=O) groups excluding carboxylic acids is 3. The number of hydrogen-bond acceptors (Lipinski definition) is 9. The molecular formula is C22H22ClNO7S. The van der Waals surface area contributed by atoms with Gasteiger partial charge in [-0.2, -0.15) is 0 Å². The van der Waals surface area contributed by atoms with Crippen LogP contribution in [0.2, 0.25) is 5.02 Å². The first-order valence-corrected chi connectivity index (χ1v) is 11.2. The van der Waals surface area contributed by atoms with Crippen LogP contribution in [0, 0.1) is 0 Å². The van der Waals surface area contributed by atoms with Gasteiger partial charge in [-0.05, 0) is 24.3 Å². The fraction of sp³-hybridized carbons (Fsp3) is 0.364. The Balaban J connectivity index is 1.89. The number of aromatic nitrogens is 1. The molecule has 1 saturated heterocycles. The van der Waals surface area contributed by atoms with Crippen LogP contribution < -0.4 is 4.74 Å². The van der Waals surface area contributed by atoms with Crippen molar-refractivity contribution in [3.63, 3.8) is 0 Å². The Morgan fingerprint density at radius 1 is 1.00 bits per heavy atom. The molecular weight excluding hydrogens is 458 g/mol. The Hall–Kier alpha value is -2.78. The molecule has 0 radical (unpaired) electrons. The molecule has 8 nitrogen and oxygen atoms in total. The molecule has 0 saturated carbocycles. The molecule has 1 fully saturated rings. The van der Waals surface area contributed by atoms with Gasteiger partial charge in [0.15, 0.2) is 23.7 Å². The maximum absolute atomic E-state index is 11.8. The highest BCUT2D eigenvalue weighted by Crippen LogP contribution is 2.36. The van der Waals surface area contributed by atoms with Crippen molar-refractivity contribution in [2.45, 2.75) is 44.5 Å². The number of thioether (sulfide) groups is 1. The van der Waals surface area contributed by atoms with E-state index in [1.807, 2.05) is 6.07 Å². The first kappa shape index (κ1) is 23.9. The molecule has 1 aliphatic rings. The number of hydrogen-bond donors (Lipinski definition) is 0. The Bertz CT molecular complexity index is 987. The Morgan fingerprint density at radius 2 is 1.69 bits per heavy atom. The molecule has 0 amide bonds. The van der Waals surface area contributed by atoms with Crippen LogP contribution in [-0.2, 0) is 28.6 Å². The SMILES string of the molecule is CC(=O)O[C@@H]1[C@@H](OC(C)=O)[C@H](OC(C)=O)CS[C@H]1Oc1ccc(Cl)c(-c2cccnc2)c1. The molecule has 2 heterocycles. The van der Waals surface area contributed by atoms with Gasteiger partial charge in [-0.15, -0.1) is 11.8 Å². The summed E-state index contributed by atoms with van der Waals surface area (Å²) in [4.78, 5) is 39.1. The standard InChI is InChI=1S/C22H22ClNO7S/c1-12(25)28-19-11-32-22(21(30-14(3)27)20(19)29-13(2)26)31-16-6-7-18(23)17(9-16)15-5-4-8-24-10-15/h4-10,19-22H,11H2,1-3H3/t19-,20+,21-,22-/m1/s1. The highest BCUT2D eigenvalue weighted by molar-refractivity contribution is 7.99. The van der Waals surface area contributed by atoms with Crippen molar-refractivity contribution >= 4 is 41.3 Å². The monoisotopic (exact) mass is 479 g/mol. The molecule has 0 aliphatic carbocycles. The highest BCUT2D eigenvalue weighted by Gasteiger charge is 2.47. The summed E-state index contributed by atoms with van der Waals surface area (Å²) in [6.45, 7) is 3.73. The lowest BCUT2D eigenvalue weighted by Gasteiger charge is -2.39. The summed E-state index contributed by atoms with van der Waals surface area (Å²) >= 11 is 7.64. The Kier molecular flexibility index (Phi) is 7.98. The number of pyridine rings is 1. The molecule has 1 aromatic carbocycles. The van der Waals surface area contributed by atoms with E-state index in [1.165, 1.54) is 32.5 Å². The topological polar surface area (TPSA) is 101 Å². The van der Waals surface area contributed by atoms with Gasteiger partial charge in [-0.1, -0.05) is 17.7 Å². The van der Waals surface area contributed by atoms with Crippen LogP contribution in [0.15, 0.2) is 42.7 Å². The maximum atomic E-state index is 11.8. The van der Waals surface area contributed by atoms with Gasteiger partial charge in [0, 0.05) is 55.1 Å². The van der Waals surface area contributed by atoms with Crippen LogP contribution in [0.25, 0.3) is 11.1 Å². The van der Waals surface area contributed by atoms with Crippen molar-refractivity contribution in [1.29, 1.82) is 0 Å². The minimum atomic E-state index is -1.02. The van der Waals surface area contributed by atoms with Gasteiger partial charge >= 0.3 is 17.9 Å². The Labute approximate surface area is 194 Å². The van der Waals surface area contributed by atoms with Gasteiger partial charge < -0.3 is 18.9 Å². The first-order chi connectivity index (χ1) is 15.2. The molecule has 32 heavy (non-hydrogen) atoms. The summed E-state index contributed by atoms with van der Waals surface area (Å²) in [5.41, 5.74) is 0.804. The van der Waals surface area contributed by atoms with E-state index in [2.05, 4.69) is 4.98 Å². The van der Waals surface area contributed by atoms with Crippen LogP contribution >= 0.6 is 23.4 Å². The van der Waals surface area contributed by atoms with Crippen molar-refractivity contribution < 1.29 is 33.3 Å². The third-order valence-electron chi connectivity index (χ3n) is 4.47. The average molecular weight is 480 g/mol. The second kappa shape index (κ2) is 10.7. The molecule has 3 rings (SSSR count). The van der Waals surface area contributed by atoms with Crippen LogP contribution in [0.4, 0.5) is 0 Å². The summed E-state index contributed by atoms with van der Waals surface area (Å²) in [7, 11) is 0. The summed E-state index contributed by atoms with van der Waals surface area (Å²) in [5.74, 6) is -0.969. The van der Waals surface area contributed by atoms with E-state index in [4.69, 9.17) is 30.5 Å². The van der Waals surface area contributed by atoms with Crippen LogP contribution in [0.3, 0.4) is 0 Å². The highest BCUT2D eigenvalue weighted by atomic mass is 35.5.